The lowest BCUT2D eigenvalue weighted by Gasteiger charge is -2.29. The topological polar surface area (TPSA) is 67.9 Å². The van der Waals surface area contributed by atoms with Crippen molar-refractivity contribution >= 4 is 34.0 Å². The molecule has 0 atom stereocenters. The summed E-state index contributed by atoms with van der Waals surface area (Å²) >= 11 is 0. The molecule has 0 saturated carbocycles. The lowest BCUT2D eigenvalue weighted by molar-refractivity contribution is -0.120. The molecule has 176 valence electrons. The van der Waals surface area contributed by atoms with Crippen LogP contribution in [0.4, 0.5) is 11.4 Å². The summed E-state index contributed by atoms with van der Waals surface area (Å²) in [6, 6.07) is 26.5. The number of anilines is 2. The first kappa shape index (κ1) is 22.5. The normalized spacial score (nSPS) is 12.7. The molecule has 1 aliphatic rings. The second-order valence-electron chi connectivity index (χ2n) is 8.42. The molecular formula is C29H26N2O4. The number of ether oxygens (including phenoxy) is 2. The van der Waals surface area contributed by atoms with Crippen LogP contribution in [0.1, 0.15) is 22.3 Å². The molecule has 4 aromatic rings. The summed E-state index contributed by atoms with van der Waals surface area (Å²) in [5.41, 5.74) is 3.00. The number of carbonyl (C=O) groups excluding carboxylic acids is 2. The van der Waals surface area contributed by atoms with E-state index in [0.717, 1.165) is 34.9 Å². The Morgan fingerprint density at radius 2 is 1.60 bits per heavy atom. The van der Waals surface area contributed by atoms with Gasteiger partial charge in [0.25, 0.3) is 11.8 Å². The number of benzene rings is 4. The molecule has 0 unspecified atom stereocenters. The summed E-state index contributed by atoms with van der Waals surface area (Å²) in [6.07, 6.45) is 1.87. The van der Waals surface area contributed by atoms with Gasteiger partial charge in [0.05, 0.1) is 18.4 Å². The van der Waals surface area contributed by atoms with Gasteiger partial charge in [0.1, 0.15) is 11.5 Å². The van der Waals surface area contributed by atoms with E-state index in [4.69, 9.17) is 9.47 Å². The number of aryl methyl sites for hydroxylation is 1. The summed E-state index contributed by atoms with van der Waals surface area (Å²) in [5.74, 6) is 0.435. The quantitative estimate of drug-likeness (QED) is 0.410. The predicted molar refractivity (Wildman–Crippen MR) is 138 cm³/mol. The third-order valence-corrected chi connectivity index (χ3v) is 6.21. The maximum absolute atomic E-state index is 13.3. The van der Waals surface area contributed by atoms with Crippen LogP contribution in [-0.4, -0.2) is 32.1 Å². The molecule has 1 heterocycles. The molecule has 6 heteroatoms. The average molecular weight is 467 g/mol. The van der Waals surface area contributed by atoms with Gasteiger partial charge in [-0.3, -0.25) is 9.59 Å². The highest BCUT2D eigenvalue weighted by molar-refractivity contribution is 6.09. The maximum atomic E-state index is 13.3. The molecule has 0 spiro atoms. The van der Waals surface area contributed by atoms with Gasteiger partial charge in [-0.1, -0.05) is 54.6 Å². The first-order valence-electron chi connectivity index (χ1n) is 11.6. The Morgan fingerprint density at radius 3 is 2.43 bits per heavy atom. The number of nitrogens with zero attached hydrogens (tertiary/aromatic N) is 1. The third kappa shape index (κ3) is 4.68. The summed E-state index contributed by atoms with van der Waals surface area (Å²) in [4.78, 5) is 28.2. The lowest BCUT2D eigenvalue weighted by Crippen LogP contribution is -2.38. The van der Waals surface area contributed by atoms with Crippen LogP contribution in [0.2, 0.25) is 0 Å². The van der Waals surface area contributed by atoms with Gasteiger partial charge < -0.3 is 19.7 Å². The molecule has 0 saturated heterocycles. The van der Waals surface area contributed by atoms with Crippen LogP contribution in [0.15, 0.2) is 84.9 Å². The fourth-order valence-corrected chi connectivity index (χ4v) is 4.46. The summed E-state index contributed by atoms with van der Waals surface area (Å²) in [6.45, 7) is 0.486. The number of hydrogen-bond donors (Lipinski definition) is 1. The molecule has 1 N–H and O–H groups in total. The van der Waals surface area contributed by atoms with Gasteiger partial charge in [-0.05, 0) is 59.5 Å². The molecule has 0 aliphatic carbocycles. The summed E-state index contributed by atoms with van der Waals surface area (Å²) < 4.78 is 11.4. The van der Waals surface area contributed by atoms with Crippen molar-refractivity contribution in [1.29, 1.82) is 0 Å². The molecule has 2 amide bonds. The summed E-state index contributed by atoms with van der Waals surface area (Å²) in [7, 11) is 1.56. The molecule has 5 rings (SSSR count). The van der Waals surface area contributed by atoms with E-state index in [-0.39, 0.29) is 18.4 Å². The second-order valence-corrected chi connectivity index (χ2v) is 8.42. The Balaban J connectivity index is 1.42. The highest BCUT2D eigenvalue weighted by Gasteiger charge is 2.23. The SMILES string of the molecule is COc1ccccc1NC(=O)c1cc2ccccc2cc1OCC(=O)N1CCCc2ccccc21. The lowest BCUT2D eigenvalue weighted by atomic mass is 10.0. The van der Waals surface area contributed by atoms with E-state index in [9.17, 15) is 9.59 Å². The van der Waals surface area contributed by atoms with Crippen LogP contribution < -0.4 is 19.7 Å². The van der Waals surface area contributed by atoms with Gasteiger partial charge in [-0.25, -0.2) is 0 Å². The number of para-hydroxylation sites is 3. The fourth-order valence-electron chi connectivity index (χ4n) is 4.46. The molecule has 6 nitrogen and oxygen atoms in total. The Kier molecular flexibility index (Phi) is 6.35. The number of nitrogens with one attached hydrogen (secondary N) is 1. The van der Waals surface area contributed by atoms with Crippen molar-refractivity contribution in [2.45, 2.75) is 12.8 Å². The number of hydrogen-bond acceptors (Lipinski definition) is 4. The van der Waals surface area contributed by atoms with Gasteiger partial charge in [0, 0.05) is 12.2 Å². The van der Waals surface area contributed by atoms with Gasteiger partial charge in [0.2, 0.25) is 0 Å². The van der Waals surface area contributed by atoms with Crippen molar-refractivity contribution in [2.24, 2.45) is 0 Å². The van der Waals surface area contributed by atoms with Crippen LogP contribution in [0, 0.1) is 0 Å². The van der Waals surface area contributed by atoms with Crippen molar-refractivity contribution in [3.8, 4) is 11.5 Å². The minimum absolute atomic E-state index is 0.138. The smallest absolute Gasteiger partial charge is 0.264 e. The molecule has 1 aliphatic heterocycles. The highest BCUT2D eigenvalue weighted by atomic mass is 16.5. The number of amides is 2. The molecule has 4 aromatic carbocycles. The molecule has 0 fully saturated rings. The Hall–Kier alpha value is -4.32. The Labute approximate surface area is 204 Å². The van der Waals surface area contributed by atoms with E-state index in [0.29, 0.717) is 29.3 Å². The molecular weight excluding hydrogens is 440 g/mol. The van der Waals surface area contributed by atoms with Gasteiger partial charge in [-0.15, -0.1) is 0 Å². The molecule has 35 heavy (non-hydrogen) atoms. The van der Waals surface area contributed by atoms with Gasteiger partial charge in [0.15, 0.2) is 6.61 Å². The number of rotatable bonds is 6. The van der Waals surface area contributed by atoms with Gasteiger partial charge >= 0.3 is 0 Å². The number of carbonyl (C=O) groups is 2. The monoisotopic (exact) mass is 466 g/mol. The van der Waals surface area contributed by atoms with Crippen molar-refractivity contribution in [1.82, 2.24) is 0 Å². The van der Waals surface area contributed by atoms with Crippen molar-refractivity contribution in [3.63, 3.8) is 0 Å². The van der Waals surface area contributed by atoms with E-state index in [1.807, 2.05) is 60.7 Å². The zero-order chi connectivity index (χ0) is 24.2. The molecule has 0 radical (unpaired) electrons. The first-order chi connectivity index (χ1) is 17.1. The van der Waals surface area contributed by atoms with E-state index < -0.39 is 0 Å². The Morgan fingerprint density at radius 1 is 0.886 bits per heavy atom. The van der Waals surface area contributed by atoms with E-state index in [1.54, 1.807) is 30.2 Å². The van der Waals surface area contributed by atoms with E-state index >= 15 is 0 Å². The largest absolute Gasteiger partial charge is 0.495 e. The Bertz CT molecular complexity index is 1400. The predicted octanol–water partition coefficient (Wildman–Crippen LogP) is 5.46. The van der Waals surface area contributed by atoms with Crippen LogP contribution in [0.3, 0.4) is 0 Å². The first-order valence-corrected chi connectivity index (χ1v) is 11.6. The average Bonchev–Trinajstić information content (AvgIpc) is 2.91. The number of methoxy groups -OCH3 is 1. The van der Waals surface area contributed by atoms with Crippen LogP contribution >= 0.6 is 0 Å². The minimum Gasteiger partial charge on any atom is -0.495 e. The maximum Gasteiger partial charge on any atom is 0.264 e. The number of fused-ring (bicyclic) bond motifs is 2. The molecule has 0 aromatic heterocycles. The van der Waals surface area contributed by atoms with E-state index in [2.05, 4.69) is 11.4 Å². The second kappa shape index (κ2) is 9.89. The fraction of sp³-hybridized carbons (Fsp3) is 0.172. The van der Waals surface area contributed by atoms with Gasteiger partial charge in [-0.2, -0.15) is 0 Å². The third-order valence-electron chi connectivity index (χ3n) is 6.21. The van der Waals surface area contributed by atoms with Crippen LogP contribution in [0.25, 0.3) is 10.8 Å². The van der Waals surface area contributed by atoms with Crippen molar-refractivity contribution in [2.75, 3.05) is 30.5 Å². The van der Waals surface area contributed by atoms with Crippen LogP contribution in [0.5, 0.6) is 11.5 Å². The zero-order valence-corrected chi connectivity index (χ0v) is 19.5. The van der Waals surface area contributed by atoms with Crippen molar-refractivity contribution in [3.05, 3.63) is 96.1 Å². The van der Waals surface area contributed by atoms with Crippen molar-refractivity contribution < 1.29 is 19.1 Å². The standard InChI is InChI=1S/C29H26N2O4/c1-34-26-15-7-5-13-24(26)30-29(33)23-17-21-10-2-3-11-22(21)18-27(23)35-19-28(32)31-16-8-12-20-9-4-6-14-25(20)31/h2-7,9-11,13-15,17-18H,8,12,16,19H2,1H3,(H,30,33). The van der Waals surface area contributed by atoms with Crippen LogP contribution in [-0.2, 0) is 11.2 Å². The highest BCUT2D eigenvalue weighted by Crippen LogP contribution is 2.30. The molecule has 0 bridgehead atoms. The minimum atomic E-state index is -0.342. The van der Waals surface area contributed by atoms with E-state index in [1.165, 1.54) is 0 Å². The zero-order valence-electron chi connectivity index (χ0n) is 19.5. The summed E-state index contributed by atoms with van der Waals surface area (Å²) in [5, 5.41) is 4.73.